The van der Waals surface area contributed by atoms with E-state index in [1.807, 2.05) is 12.1 Å². The Labute approximate surface area is 98.2 Å². The molecule has 1 heterocycles. The van der Waals surface area contributed by atoms with Gasteiger partial charge in [-0.1, -0.05) is 0 Å². The van der Waals surface area contributed by atoms with Crippen LogP contribution < -0.4 is 26.5 Å². The molecule has 2 nitrogen and oxygen atoms in total. The molecule has 0 aliphatic carbocycles. The van der Waals surface area contributed by atoms with Crippen LogP contribution in [-0.4, -0.2) is 36.3 Å². The Bertz CT molecular complexity index is 217. The van der Waals surface area contributed by atoms with Crippen molar-refractivity contribution in [3.63, 3.8) is 0 Å². The predicted octanol–water partition coefficient (Wildman–Crippen LogP) is -2.12. The third-order valence-corrected chi connectivity index (χ3v) is 1.39. The fraction of sp³-hybridized carbons (Fsp3) is 0.250. The van der Waals surface area contributed by atoms with Crippen LogP contribution in [0, 0.1) is 6.07 Å². The minimum Gasteiger partial charge on any atom is -1.00 e. The molecule has 0 atom stereocenters. The van der Waals surface area contributed by atoms with Gasteiger partial charge in [-0.25, -0.2) is 0 Å². The van der Waals surface area contributed by atoms with Crippen LogP contribution in [0.5, 0.6) is 11.5 Å². The largest absolute Gasteiger partial charge is 2.00 e. The van der Waals surface area contributed by atoms with E-state index in [-0.39, 0.29) is 40.0 Å². The average molecular weight is 239 g/mol. The van der Waals surface area contributed by atoms with E-state index >= 15 is 0 Å². The first kappa shape index (κ1) is 12.1. The Balaban J connectivity index is 0.000000605. The molecule has 0 saturated heterocycles. The third kappa shape index (κ3) is 2.54. The van der Waals surface area contributed by atoms with E-state index in [9.17, 15) is 0 Å². The molecule has 60 valence electrons. The fourth-order valence-corrected chi connectivity index (χ4v) is 0.936. The van der Waals surface area contributed by atoms with E-state index in [0.29, 0.717) is 13.2 Å². The zero-order valence-electron chi connectivity index (χ0n) is 6.55. The quantitative estimate of drug-likeness (QED) is 0.381. The second kappa shape index (κ2) is 5.67. The minimum absolute atomic E-state index is 0. The molecule has 1 aromatic carbocycles. The normalized spacial score (nSPS) is 12.3. The Morgan fingerprint density at radius 1 is 1.17 bits per heavy atom. The number of benzene rings is 1. The summed E-state index contributed by atoms with van der Waals surface area (Å²) in [4.78, 5) is 0. The summed E-state index contributed by atoms with van der Waals surface area (Å²) >= 11 is 0. The van der Waals surface area contributed by atoms with Gasteiger partial charge in [-0.15, -0.1) is 12.1 Å². The van der Waals surface area contributed by atoms with Gasteiger partial charge >= 0.3 is 23.1 Å². The average Bonchev–Trinajstić information content (AvgIpc) is 2.05. The predicted molar refractivity (Wildman–Crippen MR) is 42.0 cm³/mol. The van der Waals surface area contributed by atoms with Gasteiger partial charge in [-0.05, 0) is 0 Å². The van der Waals surface area contributed by atoms with Crippen LogP contribution in [0.2, 0.25) is 0 Å². The van der Waals surface area contributed by atoms with Crippen LogP contribution in [0.15, 0.2) is 18.2 Å². The topological polar surface area (TPSA) is 18.5 Å². The number of ether oxygens (including phenoxy) is 2. The monoisotopic (exact) mass is 238 g/mol. The zero-order valence-corrected chi connectivity index (χ0v) is 9.55. The summed E-state index contributed by atoms with van der Waals surface area (Å²) < 4.78 is 10.5. The van der Waals surface area contributed by atoms with E-state index in [2.05, 4.69) is 6.07 Å². The molecule has 0 radical (unpaired) electrons. The van der Waals surface area contributed by atoms with Crippen molar-refractivity contribution in [2.45, 2.75) is 0 Å². The smallest absolute Gasteiger partial charge is 1.00 e. The standard InChI is InChI=1S/C8H7O2.BrH.Mg/c1-2-4-8-7(3-1)9-5-6-10-8;;/h1,3-4H,5-6H2;1H;/q-1;;+2/p-1. The molecule has 2 rings (SSSR count). The van der Waals surface area contributed by atoms with E-state index < -0.39 is 0 Å². The van der Waals surface area contributed by atoms with Crippen molar-refractivity contribution < 1.29 is 26.5 Å². The molecule has 0 bridgehead atoms. The number of rotatable bonds is 0. The zero-order chi connectivity index (χ0) is 6.81. The molecule has 4 heteroatoms. The molecule has 12 heavy (non-hydrogen) atoms. The van der Waals surface area contributed by atoms with Gasteiger partial charge in [0.2, 0.25) is 0 Å². The maximum atomic E-state index is 5.28. The summed E-state index contributed by atoms with van der Waals surface area (Å²) in [5.74, 6) is 1.62. The summed E-state index contributed by atoms with van der Waals surface area (Å²) in [7, 11) is 0. The maximum absolute atomic E-state index is 5.28. The molecule has 0 saturated carbocycles. The van der Waals surface area contributed by atoms with Gasteiger partial charge in [0.25, 0.3) is 0 Å². The summed E-state index contributed by atoms with van der Waals surface area (Å²) in [6, 6.07) is 8.37. The van der Waals surface area contributed by atoms with Gasteiger partial charge in [0, 0.05) is 5.75 Å². The first-order valence-corrected chi connectivity index (χ1v) is 3.22. The summed E-state index contributed by atoms with van der Waals surface area (Å²) in [5.41, 5.74) is 0. The van der Waals surface area contributed by atoms with Crippen LogP contribution in [0.1, 0.15) is 0 Å². The molecule has 0 fully saturated rings. The molecular weight excluding hydrogens is 232 g/mol. The van der Waals surface area contributed by atoms with Crippen LogP contribution in [-0.2, 0) is 0 Å². The van der Waals surface area contributed by atoms with Crippen molar-refractivity contribution in [2.75, 3.05) is 13.2 Å². The number of hydrogen-bond acceptors (Lipinski definition) is 2. The molecular formula is C8H7BrMgO2. The molecule has 1 aromatic rings. The molecule has 0 amide bonds. The number of hydrogen-bond donors (Lipinski definition) is 0. The van der Waals surface area contributed by atoms with E-state index in [1.165, 1.54) is 0 Å². The van der Waals surface area contributed by atoms with Crippen molar-refractivity contribution in [2.24, 2.45) is 0 Å². The van der Waals surface area contributed by atoms with Gasteiger partial charge < -0.3 is 26.5 Å². The van der Waals surface area contributed by atoms with Crippen LogP contribution in [0.3, 0.4) is 0 Å². The van der Waals surface area contributed by atoms with Crippen LogP contribution in [0.25, 0.3) is 0 Å². The Kier molecular flexibility index (Phi) is 5.70. The third-order valence-electron chi connectivity index (χ3n) is 1.39. The molecule has 0 N–H and O–H groups in total. The Morgan fingerprint density at radius 2 is 1.83 bits per heavy atom. The van der Waals surface area contributed by atoms with Gasteiger partial charge in [0.15, 0.2) is 0 Å². The molecule has 1 aliphatic rings. The number of fused-ring (bicyclic) bond motifs is 1. The molecule has 0 aromatic heterocycles. The van der Waals surface area contributed by atoms with E-state index in [0.717, 1.165) is 11.5 Å². The van der Waals surface area contributed by atoms with Gasteiger partial charge in [0.1, 0.15) is 13.2 Å². The van der Waals surface area contributed by atoms with Crippen molar-refractivity contribution in [1.82, 2.24) is 0 Å². The van der Waals surface area contributed by atoms with Crippen LogP contribution in [0.4, 0.5) is 0 Å². The van der Waals surface area contributed by atoms with Crippen LogP contribution >= 0.6 is 0 Å². The molecule has 0 spiro atoms. The summed E-state index contributed by atoms with van der Waals surface area (Å²) in [6.45, 7) is 1.29. The minimum atomic E-state index is 0. The fourth-order valence-electron chi connectivity index (χ4n) is 0.936. The van der Waals surface area contributed by atoms with Gasteiger partial charge in [-0.3, -0.25) is 0 Å². The summed E-state index contributed by atoms with van der Waals surface area (Å²) in [6.07, 6.45) is 0. The van der Waals surface area contributed by atoms with E-state index in [1.54, 1.807) is 6.07 Å². The van der Waals surface area contributed by atoms with Crippen molar-refractivity contribution in [1.29, 1.82) is 0 Å². The van der Waals surface area contributed by atoms with Crippen molar-refractivity contribution in [3.05, 3.63) is 24.3 Å². The second-order valence-electron chi connectivity index (χ2n) is 2.07. The van der Waals surface area contributed by atoms with Crippen molar-refractivity contribution >= 4 is 23.1 Å². The first-order valence-electron chi connectivity index (χ1n) is 3.22. The molecule has 1 aliphatic heterocycles. The molecule has 0 unspecified atom stereocenters. The Hall–Kier alpha value is 0.0662. The number of halogens is 1. The Morgan fingerprint density at radius 3 is 2.50 bits per heavy atom. The first-order chi connectivity index (χ1) is 4.97. The van der Waals surface area contributed by atoms with E-state index in [4.69, 9.17) is 9.47 Å². The SMILES string of the molecule is [Br-].[Mg+2].[c-]1ccc2c(c1)OCCO2. The van der Waals surface area contributed by atoms with Gasteiger partial charge in [-0.2, -0.15) is 12.1 Å². The maximum Gasteiger partial charge on any atom is 2.00 e. The van der Waals surface area contributed by atoms with Crippen molar-refractivity contribution in [3.8, 4) is 11.5 Å². The van der Waals surface area contributed by atoms with Gasteiger partial charge in [0.05, 0.1) is 5.75 Å². The second-order valence-corrected chi connectivity index (χ2v) is 2.07. The summed E-state index contributed by atoms with van der Waals surface area (Å²) in [5, 5.41) is 0.